The molecule has 0 atom stereocenters. The number of carbonyl (C=O) groups excluding carboxylic acids is 1. The number of hydrogen-bond donors (Lipinski definition) is 1. The van der Waals surface area contributed by atoms with E-state index in [-0.39, 0.29) is 36.5 Å². The zero-order valence-corrected chi connectivity index (χ0v) is 12.5. The fourth-order valence-electron chi connectivity index (χ4n) is 1.78. The lowest BCUT2D eigenvalue weighted by atomic mass is 10.1. The number of hydrogen-bond acceptors (Lipinski definition) is 5. The normalized spacial score (nSPS) is 11.8. The predicted molar refractivity (Wildman–Crippen MR) is 73.6 cm³/mol. The fraction of sp³-hybridized carbons (Fsp3) is 0.357. The van der Waals surface area contributed by atoms with Gasteiger partial charge in [0.15, 0.2) is 0 Å². The average molecular weight is 365 g/mol. The van der Waals surface area contributed by atoms with Crippen LogP contribution >= 0.6 is 0 Å². The number of carbonyl (C=O) groups is 1. The highest BCUT2D eigenvalue weighted by atomic mass is 19.4. The van der Waals surface area contributed by atoms with Crippen LogP contribution in [0.4, 0.5) is 22.0 Å². The van der Waals surface area contributed by atoms with Crippen LogP contribution in [-0.4, -0.2) is 35.8 Å². The van der Waals surface area contributed by atoms with Crippen molar-refractivity contribution >= 4 is 5.91 Å². The molecule has 1 aromatic carbocycles. The number of nitrogens with zero attached hydrogens (tertiary/aromatic N) is 2. The first-order valence-electron chi connectivity index (χ1n) is 6.96. The summed E-state index contributed by atoms with van der Waals surface area (Å²) < 4.78 is 68.9. The lowest BCUT2D eigenvalue weighted by Crippen LogP contribution is -2.25. The molecule has 0 saturated heterocycles. The molecule has 25 heavy (non-hydrogen) atoms. The molecule has 1 aromatic heterocycles. The quantitative estimate of drug-likeness (QED) is 0.603. The van der Waals surface area contributed by atoms with Gasteiger partial charge in [-0.2, -0.15) is 26.9 Å². The second kappa shape index (κ2) is 8.01. The molecular weight excluding hydrogens is 353 g/mol. The molecule has 2 rings (SSSR count). The maximum absolute atomic E-state index is 12.4. The summed E-state index contributed by atoms with van der Waals surface area (Å²) in [5, 5.41) is 5.72. The Morgan fingerprint density at radius 1 is 1.24 bits per heavy atom. The second-order valence-electron chi connectivity index (χ2n) is 4.74. The van der Waals surface area contributed by atoms with Crippen molar-refractivity contribution in [2.24, 2.45) is 0 Å². The molecule has 0 saturated carbocycles. The minimum Gasteiger partial charge on any atom is -0.352 e. The predicted octanol–water partition coefficient (Wildman–Crippen LogP) is 3.11. The van der Waals surface area contributed by atoms with Crippen molar-refractivity contribution in [1.82, 2.24) is 15.5 Å². The van der Waals surface area contributed by atoms with Crippen LogP contribution in [0.2, 0.25) is 0 Å². The van der Waals surface area contributed by atoms with Gasteiger partial charge in [-0.25, -0.2) is 0 Å². The molecule has 0 fully saturated rings. The number of rotatable bonds is 7. The van der Waals surface area contributed by atoms with Crippen LogP contribution in [0.5, 0.6) is 0 Å². The van der Waals surface area contributed by atoms with E-state index in [1.807, 2.05) is 0 Å². The van der Waals surface area contributed by atoms with Crippen LogP contribution in [0.3, 0.4) is 0 Å². The summed E-state index contributed by atoms with van der Waals surface area (Å²) >= 11 is 0. The lowest BCUT2D eigenvalue weighted by molar-refractivity contribution is -0.159. The molecule has 6 nitrogen and oxygen atoms in total. The largest absolute Gasteiger partial charge is 0.471 e. The Morgan fingerprint density at radius 2 is 1.92 bits per heavy atom. The topological polar surface area (TPSA) is 77.2 Å². The van der Waals surface area contributed by atoms with Gasteiger partial charge >= 0.3 is 18.7 Å². The van der Waals surface area contributed by atoms with E-state index in [2.05, 4.69) is 24.7 Å². The summed E-state index contributed by atoms with van der Waals surface area (Å²) in [5.74, 6) is -2.19. The van der Waals surface area contributed by atoms with Crippen molar-refractivity contribution < 1.29 is 36.0 Å². The van der Waals surface area contributed by atoms with Gasteiger partial charge in [-0.1, -0.05) is 17.3 Å². The maximum atomic E-state index is 12.4. The summed E-state index contributed by atoms with van der Waals surface area (Å²) in [4.78, 5) is 15.1. The molecule has 0 unspecified atom stereocenters. The highest BCUT2D eigenvalue weighted by molar-refractivity contribution is 5.94. The van der Waals surface area contributed by atoms with Crippen LogP contribution in [0.15, 0.2) is 28.8 Å². The van der Waals surface area contributed by atoms with Gasteiger partial charge in [-0.05, 0) is 18.6 Å². The molecule has 0 aliphatic heterocycles. The molecule has 0 bridgehead atoms. The smallest absolute Gasteiger partial charge is 0.352 e. The molecule has 0 aliphatic carbocycles. The van der Waals surface area contributed by atoms with Crippen molar-refractivity contribution in [3.05, 3.63) is 35.7 Å². The third-order valence-corrected chi connectivity index (χ3v) is 2.92. The highest BCUT2D eigenvalue weighted by Crippen LogP contribution is 2.29. The average Bonchev–Trinajstić information content (AvgIpc) is 3.04. The fourth-order valence-corrected chi connectivity index (χ4v) is 1.78. The monoisotopic (exact) mass is 365 g/mol. The molecule has 2 aromatic rings. The first kappa shape index (κ1) is 18.8. The van der Waals surface area contributed by atoms with Gasteiger partial charge in [0.05, 0.1) is 6.61 Å². The van der Waals surface area contributed by atoms with Crippen molar-refractivity contribution in [3.63, 3.8) is 0 Å². The number of aromatic nitrogens is 2. The summed E-state index contributed by atoms with van der Waals surface area (Å²) in [6.45, 7) is -2.92. The van der Waals surface area contributed by atoms with Gasteiger partial charge in [0.25, 0.3) is 5.91 Å². The zero-order chi connectivity index (χ0) is 18.4. The van der Waals surface area contributed by atoms with E-state index in [4.69, 9.17) is 0 Å². The van der Waals surface area contributed by atoms with Gasteiger partial charge in [0.1, 0.15) is 0 Å². The summed E-state index contributed by atoms with van der Waals surface area (Å²) in [6, 6.07) is 5.45. The number of ether oxygens (including phenoxy) is 1. The molecule has 0 spiro atoms. The zero-order valence-electron chi connectivity index (χ0n) is 12.5. The molecule has 0 radical (unpaired) electrons. The number of nitrogens with one attached hydrogen (secondary N) is 1. The summed E-state index contributed by atoms with van der Waals surface area (Å²) in [6.07, 6.45) is -4.53. The number of benzene rings is 1. The van der Waals surface area contributed by atoms with Crippen LogP contribution in [-0.2, 0) is 10.9 Å². The van der Waals surface area contributed by atoms with Gasteiger partial charge in [0.2, 0.25) is 5.82 Å². The Morgan fingerprint density at radius 3 is 2.48 bits per heavy atom. The first-order valence-corrected chi connectivity index (χ1v) is 6.96. The Labute approximate surface area is 138 Å². The summed E-state index contributed by atoms with van der Waals surface area (Å²) in [7, 11) is 0. The standard InChI is InChI=1S/C14H12F5N3O3/c15-13(16)24-7-1-6-20-11(23)9-4-2-8(3-5-9)10-21-12(25-22-10)14(17,18)19/h2-5,13H,1,6-7H2,(H,20,23). The van der Waals surface area contributed by atoms with Crippen LogP contribution < -0.4 is 5.32 Å². The van der Waals surface area contributed by atoms with Crippen molar-refractivity contribution in [2.75, 3.05) is 13.2 Å². The Hall–Kier alpha value is -2.56. The first-order chi connectivity index (χ1) is 11.8. The van der Waals surface area contributed by atoms with E-state index in [9.17, 15) is 26.7 Å². The van der Waals surface area contributed by atoms with E-state index < -0.39 is 24.6 Å². The van der Waals surface area contributed by atoms with Gasteiger partial charge < -0.3 is 14.6 Å². The molecule has 0 aliphatic rings. The second-order valence-corrected chi connectivity index (χ2v) is 4.74. The molecule has 1 heterocycles. The lowest BCUT2D eigenvalue weighted by Gasteiger charge is -2.06. The Kier molecular flexibility index (Phi) is 6.02. The number of halogens is 5. The SMILES string of the molecule is O=C(NCCCOC(F)F)c1ccc(-c2noc(C(F)(F)F)n2)cc1. The van der Waals surface area contributed by atoms with Crippen LogP contribution in [0.25, 0.3) is 11.4 Å². The van der Waals surface area contributed by atoms with E-state index in [0.717, 1.165) is 0 Å². The van der Waals surface area contributed by atoms with Crippen molar-refractivity contribution in [2.45, 2.75) is 19.2 Å². The highest BCUT2D eigenvalue weighted by Gasteiger charge is 2.38. The molecule has 1 amide bonds. The van der Waals surface area contributed by atoms with Gasteiger partial charge in [-0.15, -0.1) is 0 Å². The van der Waals surface area contributed by atoms with Crippen LogP contribution in [0.1, 0.15) is 22.7 Å². The molecule has 136 valence electrons. The minimum absolute atomic E-state index is 0.132. The number of alkyl halides is 5. The van der Waals surface area contributed by atoms with Gasteiger partial charge in [0, 0.05) is 17.7 Å². The molecule has 11 heteroatoms. The van der Waals surface area contributed by atoms with E-state index >= 15 is 0 Å². The third-order valence-electron chi connectivity index (χ3n) is 2.92. The van der Waals surface area contributed by atoms with E-state index in [1.54, 1.807) is 0 Å². The molecule has 1 N–H and O–H groups in total. The van der Waals surface area contributed by atoms with Gasteiger partial charge in [-0.3, -0.25) is 4.79 Å². The molecular formula is C14H12F5N3O3. The Balaban J connectivity index is 1.91. The minimum atomic E-state index is -4.74. The maximum Gasteiger partial charge on any atom is 0.471 e. The van der Waals surface area contributed by atoms with E-state index in [1.165, 1.54) is 24.3 Å². The van der Waals surface area contributed by atoms with Crippen LogP contribution in [0, 0.1) is 0 Å². The summed E-state index contributed by atoms with van der Waals surface area (Å²) in [5.41, 5.74) is 0.471. The van der Waals surface area contributed by atoms with Crippen molar-refractivity contribution in [3.8, 4) is 11.4 Å². The Bertz CT molecular complexity index is 700. The number of amides is 1. The third kappa shape index (κ3) is 5.48. The van der Waals surface area contributed by atoms with E-state index in [0.29, 0.717) is 0 Å². The van der Waals surface area contributed by atoms with Crippen molar-refractivity contribution in [1.29, 1.82) is 0 Å².